The first kappa shape index (κ1) is 20.1. The van der Waals surface area contributed by atoms with Gasteiger partial charge in [-0.3, -0.25) is 29.8 Å². The maximum absolute atomic E-state index is 11.6. The molecule has 0 radical (unpaired) electrons. The van der Waals surface area contributed by atoms with E-state index in [1.165, 1.54) is 0 Å². The average molecular weight is 408 g/mol. The van der Waals surface area contributed by atoms with E-state index in [4.69, 9.17) is 0 Å². The number of carbonyl (C=O) groups is 6. The van der Waals surface area contributed by atoms with E-state index in [-0.39, 0.29) is 0 Å². The Morgan fingerprint density at radius 2 is 1.26 bits per heavy atom. The van der Waals surface area contributed by atoms with E-state index in [1.54, 1.807) is 0 Å². The fourth-order valence-electron chi connectivity index (χ4n) is 1.94. The van der Waals surface area contributed by atoms with Crippen LogP contribution in [0.2, 0.25) is 0 Å². The van der Waals surface area contributed by atoms with Gasteiger partial charge >= 0.3 is 17.4 Å². The first-order chi connectivity index (χ1) is 12.5. The Balaban J connectivity index is 1.97. The Labute approximate surface area is 151 Å². The summed E-state index contributed by atoms with van der Waals surface area (Å²) in [7, 11) is -3.77. The highest BCUT2D eigenvalue weighted by Gasteiger charge is 2.43. The third-order valence-electron chi connectivity index (χ3n) is 3.21. The highest BCUT2D eigenvalue weighted by atomic mass is 32.2. The van der Waals surface area contributed by atoms with Gasteiger partial charge in [0.2, 0.25) is 22.5 Å². The number of amides is 4. The maximum atomic E-state index is 11.6. The maximum Gasteiger partial charge on any atom is 0.513 e. The van der Waals surface area contributed by atoms with Crippen LogP contribution in [0.15, 0.2) is 0 Å². The summed E-state index contributed by atoms with van der Waals surface area (Å²) in [6, 6.07) is 0. The Bertz CT molecular complexity index is 742. The van der Waals surface area contributed by atoms with Gasteiger partial charge in [0.05, 0.1) is 12.8 Å². The molecule has 2 unspecified atom stereocenters. The van der Waals surface area contributed by atoms with Crippen molar-refractivity contribution in [1.29, 1.82) is 0 Å². The lowest BCUT2D eigenvalue weighted by molar-refractivity contribution is -0.144. The van der Waals surface area contributed by atoms with Crippen LogP contribution in [0, 0.1) is 0 Å². The van der Waals surface area contributed by atoms with Crippen LogP contribution in [-0.4, -0.2) is 61.7 Å². The van der Waals surface area contributed by atoms with Crippen molar-refractivity contribution in [3.8, 4) is 0 Å². The molecule has 0 saturated carbocycles. The van der Waals surface area contributed by atoms with Crippen molar-refractivity contribution in [1.82, 2.24) is 10.6 Å². The third-order valence-corrected chi connectivity index (χ3v) is 4.05. The molecule has 2 heterocycles. The predicted octanol–water partition coefficient (Wildman–Crippen LogP) is -2.59. The van der Waals surface area contributed by atoms with Crippen LogP contribution in [0.25, 0.3) is 0 Å². The zero-order valence-corrected chi connectivity index (χ0v) is 14.3. The van der Waals surface area contributed by atoms with Crippen LogP contribution in [-0.2, 0) is 48.8 Å². The molecule has 4 amide bonds. The van der Waals surface area contributed by atoms with Gasteiger partial charge in [0, 0.05) is 6.92 Å². The van der Waals surface area contributed by atoms with Gasteiger partial charge in [-0.25, -0.2) is 18.0 Å². The molecule has 2 aliphatic heterocycles. The van der Waals surface area contributed by atoms with E-state index >= 15 is 0 Å². The van der Waals surface area contributed by atoms with Crippen LogP contribution in [0.5, 0.6) is 0 Å². The van der Waals surface area contributed by atoms with E-state index in [2.05, 4.69) is 18.9 Å². The summed E-state index contributed by atoms with van der Waals surface area (Å²) in [6.07, 6.45) is -7.54. The first-order valence-electron chi connectivity index (χ1n) is 7.11. The summed E-state index contributed by atoms with van der Waals surface area (Å²) in [6.45, 7) is 0.640. The molecular weight excluding hydrogens is 396 g/mol. The molecule has 27 heavy (non-hydrogen) atoms. The molecule has 0 aliphatic carbocycles. The fraction of sp³-hybridized carbons (Fsp3) is 0.500. The zero-order valence-electron chi connectivity index (χ0n) is 13.4. The van der Waals surface area contributed by atoms with Gasteiger partial charge in [-0.05, 0) is 0 Å². The highest BCUT2D eigenvalue weighted by molar-refractivity contribution is 7.73. The van der Waals surface area contributed by atoms with Crippen molar-refractivity contribution in [3.05, 3.63) is 0 Å². The second-order valence-corrected chi connectivity index (χ2v) is 6.63. The number of hydrogen-bond acceptors (Lipinski definition) is 12. The van der Waals surface area contributed by atoms with Crippen molar-refractivity contribution in [2.75, 3.05) is 0 Å². The van der Waals surface area contributed by atoms with Crippen molar-refractivity contribution in [3.63, 3.8) is 0 Å². The molecule has 15 heteroatoms. The molecule has 0 aromatic heterocycles. The monoisotopic (exact) mass is 408 g/mol. The minimum absolute atomic E-state index is 0.498. The molecule has 0 spiro atoms. The number of nitrogens with one attached hydrogen (secondary N) is 2. The normalized spacial score (nSPS) is 24.1. The summed E-state index contributed by atoms with van der Waals surface area (Å²) in [5.41, 5.74) is 0. The lowest BCUT2D eigenvalue weighted by atomic mass is 10.3. The summed E-state index contributed by atoms with van der Waals surface area (Å²) < 4.78 is 40.4. The summed E-state index contributed by atoms with van der Waals surface area (Å²) in [4.78, 5) is 67.9. The second-order valence-electron chi connectivity index (χ2n) is 5.31. The second kappa shape index (κ2) is 7.56. The van der Waals surface area contributed by atoms with E-state index in [9.17, 15) is 37.2 Å². The topological polar surface area (TPSA) is 198 Å². The lowest BCUT2D eigenvalue weighted by Crippen LogP contribution is -2.41. The lowest BCUT2D eigenvalue weighted by Gasteiger charge is -2.23. The van der Waals surface area contributed by atoms with Crippen LogP contribution >= 0.6 is 0 Å². The van der Waals surface area contributed by atoms with Crippen LogP contribution in [0.1, 0.15) is 19.8 Å². The number of carbonyl (C=O) groups excluding carboxylic acids is 6. The van der Waals surface area contributed by atoms with Gasteiger partial charge in [-0.1, -0.05) is 0 Å². The van der Waals surface area contributed by atoms with Gasteiger partial charge in [-0.2, -0.15) is 0 Å². The zero-order chi connectivity index (χ0) is 20.4. The van der Waals surface area contributed by atoms with Gasteiger partial charge in [0.1, 0.15) is 0 Å². The summed E-state index contributed by atoms with van der Waals surface area (Å²) in [5.74, 6) is -3.33. The van der Waals surface area contributed by atoms with E-state index in [0.29, 0.717) is 6.92 Å². The standard InChI is InChI=1S/C12H12N2O12S/c1-12(27(21)22,25-10(19)23-4-2-6(15)13-8(4)17)26-11(20)24-5-3-7(16)14-9(5)18/h4-5,27H,2-3H2,1H3,(H,13,15,17)(H,14,16,18). The largest absolute Gasteiger partial charge is 0.513 e. The minimum Gasteiger partial charge on any atom is -0.420 e. The molecular formula is C12H12N2O12S. The van der Waals surface area contributed by atoms with Crippen molar-refractivity contribution in [2.45, 2.75) is 37.1 Å². The van der Waals surface area contributed by atoms with Crippen LogP contribution in [0.4, 0.5) is 9.59 Å². The minimum atomic E-state index is -3.77. The molecule has 0 aromatic carbocycles. The van der Waals surface area contributed by atoms with E-state index in [1.807, 2.05) is 10.6 Å². The number of hydrogen-bond donors (Lipinski definition) is 3. The summed E-state index contributed by atoms with van der Waals surface area (Å²) in [5, 5.41) is 0.760. The van der Waals surface area contributed by atoms with Gasteiger partial charge in [-0.15, -0.1) is 0 Å². The van der Waals surface area contributed by atoms with E-state index in [0.717, 1.165) is 0 Å². The number of thiol groups is 1. The molecule has 0 aromatic rings. The van der Waals surface area contributed by atoms with Gasteiger partial charge in [0.15, 0.2) is 12.2 Å². The SMILES string of the molecule is CC(OC(=O)OC1CC(=O)NC1=O)(OC(=O)OC1CC(=O)NC1=O)[SH](=O)=O. The fourth-order valence-corrected chi connectivity index (χ4v) is 2.23. The number of ether oxygens (including phenoxy) is 4. The van der Waals surface area contributed by atoms with Crippen molar-refractivity contribution < 1.29 is 56.1 Å². The van der Waals surface area contributed by atoms with Gasteiger partial charge < -0.3 is 18.9 Å². The van der Waals surface area contributed by atoms with Crippen LogP contribution < -0.4 is 10.6 Å². The third kappa shape index (κ3) is 4.90. The molecule has 2 aliphatic rings. The Morgan fingerprint density at radius 3 is 1.52 bits per heavy atom. The van der Waals surface area contributed by atoms with Crippen molar-refractivity contribution >= 4 is 46.6 Å². The molecule has 2 atom stereocenters. The highest BCUT2D eigenvalue weighted by Crippen LogP contribution is 2.19. The Hall–Kier alpha value is -3.23. The smallest absolute Gasteiger partial charge is 0.420 e. The quantitative estimate of drug-likeness (QED) is 0.186. The molecule has 2 saturated heterocycles. The van der Waals surface area contributed by atoms with Crippen molar-refractivity contribution in [2.24, 2.45) is 0 Å². The number of imide groups is 2. The Kier molecular flexibility index (Phi) is 5.63. The molecule has 2 rings (SSSR count). The summed E-state index contributed by atoms with van der Waals surface area (Å²) >= 11 is 0. The predicted molar refractivity (Wildman–Crippen MR) is 77.0 cm³/mol. The average Bonchev–Trinajstić information content (AvgIpc) is 2.99. The first-order valence-corrected chi connectivity index (χ1v) is 8.29. The molecule has 2 N–H and O–H groups in total. The van der Waals surface area contributed by atoms with Gasteiger partial charge in [0.25, 0.3) is 11.8 Å². The Morgan fingerprint density at radius 1 is 0.889 bits per heavy atom. The van der Waals surface area contributed by atoms with E-state index < -0.39 is 76.8 Å². The molecule has 2 fully saturated rings. The van der Waals surface area contributed by atoms with Crippen LogP contribution in [0.3, 0.4) is 0 Å². The number of rotatable bonds is 5. The molecule has 148 valence electrons. The molecule has 0 bridgehead atoms. The molecule has 14 nitrogen and oxygen atoms in total.